The van der Waals surface area contributed by atoms with E-state index in [0.717, 1.165) is 19.3 Å². The van der Waals surface area contributed by atoms with Crippen molar-refractivity contribution in [3.63, 3.8) is 0 Å². The van der Waals surface area contributed by atoms with Gasteiger partial charge in [0.15, 0.2) is 6.61 Å². The van der Waals surface area contributed by atoms with Gasteiger partial charge in [-0.2, -0.15) is 0 Å². The van der Waals surface area contributed by atoms with Crippen LogP contribution in [0, 0.1) is 17.0 Å². The zero-order chi connectivity index (χ0) is 18.2. The second kappa shape index (κ2) is 8.96. The molecule has 0 bridgehead atoms. The maximum Gasteiger partial charge on any atom is 0.338 e. The highest BCUT2D eigenvalue weighted by atomic mass is 16.6. The fourth-order valence-electron chi connectivity index (χ4n) is 2.75. The first-order valence-electron chi connectivity index (χ1n) is 8.34. The lowest BCUT2D eigenvalue weighted by atomic mass is 9.97. The molecule has 1 aromatic carbocycles. The highest BCUT2D eigenvalue weighted by Gasteiger charge is 2.15. The van der Waals surface area contributed by atoms with Crippen molar-refractivity contribution in [3.05, 3.63) is 51.1 Å². The first kappa shape index (κ1) is 18.6. The van der Waals surface area contributed by atoms with E-state index in [9.17, 15) is 19.7 Å². The number of ether oxygens (including phenoxy) is 1. The highest BCUT2D eigenvalue weighted by Crippen LogP contribution is 2.20. The third kappa shape index (κ3) is 5.70. The van der Waals surface area contributed by atoms with E-state index < -0.39 is 10.9 Å². The van der Waals surface area contributed by atoms with Crippen LogP contribution in [0.5, 0.6) is 0 Å². The van der Waals surface area contributed by atoms with Crippen molar-refractivity contribution in [3.8, 4) is 0 Å². The van der Waals surface area contributed by atoms with E-state index in [0.29, 0.717) is 12.1 Å². The van der Waals surface area contributed by atoms with Crippen LogP contribution in [-0.4, -0.2) is 30.0 Å². The van der Waals surface area contributed by atoms with E-state index >= 15 is 0 Å². The van der Waals surface area contributed by atoms with Crippen LogP contribution in [0.1, 0.15) is 48.0 Å². The minimum absolute atomic E-state index is 0.0636. The van der Waals surface area contributed by atoms with E-state index in [1.807, 2.05) is 0 Å². The van der Waals surface area contributed by atoms with Crippen LogP contribution in [0.25, 0.3) is 0 Å². The Morgan fingerprint density at radius 2 is 2.12 bits per heavy atom. The van der Waals surface area contributed by atoms with Gasteiger partial charge in [0.1, 0.15) is 0 Å². The molecule has 25 heavy (non-hydrogen) atoms. The van der Waals surface area contributed by atoms with Gasteiger partial charge < -0.3 is 10.1 Å². The van der Waals surface area contributed by atoms with Crippen molar-refractivity contribution in [1.82, 2.24) is 5.32 Å². The molecule has 0 aliphatic heterocycles. The Bertz CT molecular complexity index is 697. The lowest BCUT2D eigenvalue weighted by molar-refractivity contribution is -0.385. The minimum atomic E-state index is -0.678. The number of hydrogen-bond donors (Lipinski definition) is 1. The SMILES string of the molecule is Cc1cc(C(=O)OCC(=O)NCCC2=CCCCC2)ccc1[N+](=O)[O-]. The Hall–Kier alpha value is -2.70. The number of nitro groups is 1. The van der Waals surface area contributed by atoms with E-state index in [-0.39, 0.29) is 23.8 Å². The van der Waals surface area contributed by atoms with Gasteiger partial charge >= 0.3 is 5.97 Å². The standard InChI is InChI=1S/C18H22N2O5/c1-13-11-15(7-8-16(13)20(23)24)18(22)25-12-17(21)19-10-9-14-5-3-2-4-6-14/h5,7-8,11H,2-4,6,9-10,12H2,1H3,(H,19,21). The summed E-state index contributed by atoms with van der Waals surface area (Å²) in [5.41, 5.74) is 1.85. The number of benzene rings is 1. The molecule has 0 heterocycles. The second-order valence-corrected chi connectivity index (χ2v) is 6.04. The average molecular weight is 346 g/mol. The van der Waals surface area contributed by atoms with E-state index in [1.54, 1.807) is 6.92 Å². The number of nitro benzene ring substituents is 1. The summed E-state index contributed by atoms with van der Waals surface area (Å²) in [7, 11) is 0. The number of carbonyl (C=O) groups excluding carboxylic acids is 2. The lowest BCUT2D eigenvalue weighted by Crippen LogP contribution is -2.29. The van der Waals surface area contributed by atoms with Crippen molar-refractivity contribution in [1.29, 1.82) is 0 Å². The maximum atomic E-state index is 11.9. The van der Waals surface area contributed by atoms with Gasteiger partial charge in [-0.3, -0.25) is 14.9 Å². The van der Waals surface area contributed by atoms with Gasteiger partial charge in [0.25, 0.3) is 11.6 Å². The van der Waals surface area contributed by atoms with Gasteiger partial charge in [0, 0.05) is 18.2 Å². The Labute approximate surface area is 146 Å². The van der Waals surface area contributed by atoms with Gasteiger partial charge in [0.05, 0.1) is 10.5 Å². The molecule has 0 radical (unpaired) electrons. The molecule has 1 aliphatic carbocycles. The molecule has 0 spiro atoms. The summed E-state index contributed by atoms with van der Waals surface area (Å²) in [6, 6.07) is 3.96. The normalized spacial score (nSPS) is 13.7. The van der Waals surface area contributed by atoms with Crippen molar-refractivity contribution >= 4 is 17.6 Å². The molecule has 0 fully saturated rings. The Morgan fingerprint density at radius 3 is 2.76 bits per heavy atom. The molecule has 2 rings (SSSR count). The van der Waals surface area contributed by atoms with Crippen molar-refractivity contribution in [2.45, 2.75) is 39.0 Å². The molecular formula is C18H22N2O5. The monoisotopic (exact) mass is 346 g/mol. The summed E-state index contributed by atoms with van der Waals surface area (Å²) < 4.78 is 4.95. The summed E-state index contributed by atoms with van der Waals surface area (Å²) in [6.07, 6.45) is 7.67. The fourth-order valence-corrected chi connectivity index (χ4v) is 2.75. The van der Waals surface area contributed by atoms with E-state index in [4.69, 9.17) is 4.74 Å². The van der Waals surface area contributed by atoms with Crippen LogP contribution >= 0.6 is 0 Å². The second-order valence-electron chi connectivity index (χ2n) is 6.04. The van der Waals surface area contributed by atoms with Crippen LogP contribution in [0.4, 0.5) is 5.69 Å². The molecule has 1 N–H and O–H groups in total. The third-order valence-corrected chi connectivity index (χ3v) is 4.12. The molecule has 1 aliphatic rings. The third-order valence-electron chi connectivity index (χ3n) is 4.12. The van der Waals surface area contributed by atoms with Crippen molar-refractivity contribution in [2.75, 3.05) is 13.2 Å². The molecule has 134 valence electrons. The predicted molar refractivity (Wildman–Crippen MR) is 92.3 cm³/mol. The van der Waals surface area contributed by atoms with Gasteiger partial charge in [-0.1, -0.05) is 11.6 Å². The topological polar surface area (TPSA) is 98.5 Å². The number of carbonyl (C=O) groups is 2. The number of rotatable bonds is 7. The van der Waals surface area contributed by atoms with Crippen molar-refractivity contribution < 1.29 is 19.2 Å². The summed E-state index contributed by atoms with van der Waals surface area (Å²) in [4.78, 5) is 33.9. The number of aryl methyl sites for hydroxylation is 1. The summed E-state index contributed by atoms with van der Waals surface area (Å²) in [6.45, 7) is 1.70. The average Bonchev–Trinajstić information content (AvgIpc) is 2.60. The van der Waals surface area contributed by atoms with E-state index in [2.05, 4.69) is 11.4 Å². The lowest BCUT2D eigenvalue weighted by Gasteiger charge is -2.13. The number of esters is 1. The Balaban J connectivity index is 1.75. The Kier molecular flexibility index (Phi) is 6.68. The van der Waals surface area contributed by atoms with Crippen LogP contribution in [0.3, 0.4) is 0 Å². The number of amides is 1. The minimum Gasteiger partial charge on any atom is -0.452 e. The number of nitrogens with zero attached hydrogens (tertiary/aromatic N) is 1. The summed E-state index contributed by atoms with van der Waals surface area (Å²) in [5.74, 6) is -1.04. The zero-order valence-electron chi connectivity index (χ0n) is 14.2. The van der Waals surface area contributed by atoms with Crippen LogP contribution in [0.2, 0.25) is 0 Å². The van der Waals surface area contributed by atoms with Gasteiger partial charge in [-0.15, -0.1) is 0 Å². The molecule has 0 saturated heterocycles. The molecule has 1 amide bonds. The van der Waals surface area contributed by atoms with Crippen LogP contribution in [0.15, 0.2) is 29.8 Å². The Morgan fingerprint density at radius 1 is 1.32 bits per heavy atom. The first-order chi connectivity index (χ1) is 12.0. The van der Waals surface area contributed by atoms with Crippen LogP contribution < -0.4 is 5.32 Å². The summed E-state index contributed by atoms with van der Waals surface area (Å²) >= 11 is 0. The predicted octanol–water partition coefficient (Wildman–Crippen LogP) is 3.07. The molecule has 0 atom stereocenters. The van der Waals surface area contributed by atoms with Crippen LogP contribution in [-0.2, 0) is 9.53 Å². The highest BCUT2D eigenvalue weighted by molar-refractivity contribution is 5.91. The zero-order valence-corrected chi connectivity index (χ0v) is 14.2. The molecule has 0 aromatic heterocycles. The van der Waals surface area contributed by atoms with Gasteiger partial charge in [-0.05, 0) is 51.2 Å². The van der Waals surface area contributed by atoms with E-state index in [1.165, 1.54) is 36.6 Å². The first-order valence-corrected chi connectivity index (χ1v) is 8.34. The smallest absolute Gasteiger partial charge is 0.338 e. The molecule has 0 saturated carbocycles. The van der Waals surface area contributed by atoms with Crippen molar-refractivity contribution in [2.24, 2.45) is 0 Å². The van der Waals surface area contributed by atoms with Gasteiger partial charge in [-0.25, -0.2) is 4.79 Å². The number of allylic oxidation sites excluding steroid dienone is 1. The number of nitrogens with one attached hydrogen (secondary N) is 1. The molecule has 7 nitrogen and oxygen atoms in total. The van der Waals surface area contributed by atoms with Gasteiger partial charge in [0.2, 0.25) is 0 Å². The largest absolute Gasteiger partial charge is 0.452 e. The molecule has 0 unspecified atom stereocenters. The molecular weight excluding hydrogens is 324 g/mol. The molecule has 7 heteroatoms. The quantitative estimate of drug-likeness (QED) is 0.354. The fraction of sp³-hybridized carbons (Fsp3) is 0.444. The number of hydrogen-bond acceptors (Lipinski definition) is 5. The molecule has 1 aromatic rings. The summed E-state index contributed by atoms with van der Waals surface area (Å²) in [5, 5.41) is 13.5. The maximum absolute atomic E-state index is 11.9.